The second-order valence-electron chi connectivity index (χ2n) is 6.94. The molecule has 1 aliphatic rings. The molecule has 0 N–H and O–H groups in total. The van der Waals surface area contributed by atoms with Gasteiger partial charge in [-0.1, -0.05) is 23.9 Å². The maximum absolute atomic E-state index is 12.4. The summed E-state index contributed by atoms with van der Waals surface area (Å²) in [5.74, 6) is 1.65. The molecule has 1 saturated heterocycles. The topological polar surface area (TPSA) is 86.6 Å². The van der Waals surface area contributed by atoms with Crippen molar-refractivity contribution in [3.8, 4) is 17.1 Å². The smallest absolute Gasteiger partial charge is 0.214 e. The predicted octanol–water partition coefficient (Wildman–Crippen LogP) is 2.41. The van der Waals surface area contributed by atoms with Gasteiger partial charge >= 0.3 is 0 Å². The van der Waals surface area contributed by atoms with Crippen molar-refractivity contribution in [1.29, 1.82) is 0 Å². The first-order chi connectivity index (χ1) is 14.0. The van der Waals surface area contributed by atoms with Gasteiger partial charge in [-0.3, -0.25) is 0 Å². The van der Waals surface area contributed by atoms with Crippen molar-refractivity contribution >= 4 is 21.8 Å². The van der Waals surface area contributed by atoms with Gasteiger partial charge in [0.05, 0.1) is 18.4 Å². The van der Waals surface area contributed by atoms with E-state index in [9.17, 15) is 8.42 Å². The number of rotatable bonds is 9. The lowest BCUT2D eigenvalue weighted by Crippen LogP contribution is -2.40. The number of thioether (sulfide) groups is 1. The lowest BCUT2D eigenvalue weighted by molar-refractivity contribution is 0.199. The van der Waals surface area contributed by atoms with E-state index < -0.39 is 10.0 Å². The fraction of sp³-hybridized carbons (Fsp3) is 0.579. The van der Waals surface area contributed by atoms with Gasteiger partial charge in [-0.25, -0.2) is 12.7 Å². The third kappa shape index (κ3) is 5.30. The van der Waals surface area contributed by atoms with Crippen LogP contribution in [-0.4, -0.2) is 72.4 Å². The van der Waals surface area contributed by atoms with Crippen LogP contribution >= 0.6 is 11.8 Å². The molecule has 0 atom stereocenters. The van der Waals surface area contributed by atoms with Crippen molar-refractivity contribution in [2.24, 2.45) is 7.05 Å². The summed E-state index contributed by atoms with van der Waals surface area (Å²) in [5, 5.41) is 9.84. The number of sulfonamides is 1. The van der Waals surface area contributed by atoms with Crippen molar-refractivity contribution in [1.82, 2.24) is 19.1 Å². The van der Waals surface area contributed by atoms with Crippen LogP contribution in [0.5, 0.6) is 5.75 Å². The maximum Gasteiger partial charge on any atom is 0.214 e. The summed E-state index contributed by atoms with van der Waals surface area (Å²) in [7, 11) is 1.97. The van der Waals surface area contributed by atoms with Crippen LogP contribution in [0.4, 0.5) is 0 Å². The number of ether oxygens (including phenoxy) is 2. The van der Waals surface area contributed by atoms with Crippen molar-refractivity contribution in [2.45, 2.75) is 29.7 Å². The molecular formula is C19H28N4O4S2. The molecule has 8 nitrogen and oxygen atoms in total. The minimum absolute atomic E-state index is 0.143. The fourth-order valence-corrected chi connectivity index (χ4v) is 5.96. The van der Waals surface area contributed by atoms with Gasteiger partial charge in [0.1, 0.15) is 5.75 Å². The van der Waals surface area contributed by atoms with Crippen molar-refractivity contribution in [3.05, 3.63) is 24.3 Å². The number of piperidine rings is 1. The summed E-state index contributed by atoms with van der Waals surface area (Å²) in [6, 6.07) is 7.73. The van der Waals surface area contributed by atoms with Crippen LogP contribution in [0.25, 0.3) is 11.4 Å². The SMILES string of the molecule is COCCCS(=O)(=O)N1CCC(Sc2nnc(-c3ccccc3OC)n2C)CC1. The molecule has 3 rings (SSSR count). The molecule has 0 bridgehead atoms. The molecule has 1 aromatic heterocycles. The number of hydrogen-bond acceptors (Lipinski definition) is 7. The van der Waals surface area contributed by atoms with E-state index in [0.717, 1.165) is 35.1 Å². The number of hydrogen-bond donors (Lipinski definition) is 0. The van der Waals surface area contributed by atoms with Gasteiger partial charge in [0.2, 0.25) is 10.0 Å². The average Bonchev–Trinajstić information content (AvgIpc) is 3.08. The van der Waals surface area contributed by atoms with Crippen molar-refractivity contribution < 1.29 is 17.9 Å². The van der Waals surface area contributed by atoms with Gasteiger partial charge in [0, 0.05) is 39.1 Å². The highest BCUT2D eigenvalue weighted by Gasteiger charge is 2.29. The monoisotopic (exact) mass is 440 g/mol. The standard InChI is InChI=1S/C19H28N4O4S2/c1-22-18(16-7-4-5-8-17(16)27-3)20-21-19(22)28-15-9-11-23(12-10-15)29(24,25)14-6-13-26-2/h4-5,7-8,15H,6,9-14H2,1-3H3. The van der Waals surface area contributed by atoms with Gasteiger partial charge in [-0.15, -0.1) is 10.2 Å². The zero-order chi connectivity index (χ0) is 20.9. The Morgan fingerprint density at radius 1 is 1.17 bits per heavy atom. The molecule has 1 fully saturated rings. The van der Waals surface area contributed by atoms with Crippen molar-refractivity contribution in [3.63, 3.8) is 0 Å². The van der Waals surface area contributed by atoms with E-state index in [2.05, 4.69) is 10.2 Å². The average molecular weight is 441 g/mol. The largest absolute Gasteiger partial charge is 0.496 e. The Labute approximate surface area is 176 Å². The first kappa shape index (κ1) is 22.1. The van der Waals surface area contributed by atoms with Crippen LogP contribution in [0, 0.1) is 0 Å². The first-order valence-electron chi connectivity index (χ1n) is 9.62. The minimum atomic E-state index is -3.20. The summed E-state index contributed by atoms with van der Waals surface area (Å²) in [6.45, 7) is 1.56. The van der Waals surface area contributed by atoms with E-state index in [0.29, 0.717) is 31.4 Å². The molecule has 0 saturated carbocycles. The van der Waals surface area contributed by atoms with Gasteiger partial charge in [-0.05, 0) is 31.4 Å². The molecule has 1 aliphatic heterocycles. The highest BCUT2D eigenvalue weighted by atomic mass is 32.2. The summed E-state index contributed by atoms with van der Waals surface area (Å²) in [4.78, 5) is 0. The predicted molar refractivity (Wildman–Crippen MR) is 114 cm³/mol. The second-order valence-corrected chi connectivity index (χ2v) is 10.3. The van der Waals surface area contributed by atoms with Gasteiger partial charge in [0.15, 0.2) is 11.0 Å². The summed E-state index contributed by atoms with van der Waals surface area (Å²) in [6.07, 6.45) is 2.12. The number of nitrogens with zero attached hydrogens (tertiary/aromatic N) is 4. The quantitative estimate of drug-likeness (QED) is 0.554. The van der Waals surface area contributed by atoms with E-state index >= 15 is 0 Å². The highest BCUT2D eigenvalue weighted by molar-refractivity contribution is 7.99. The van der Waals surface area contributed by atoms with Crippen LogP contribution in [0.15, 0.2) is 29.4 Å². The molecule has 2 heterocycles. The number of para-hydroxylation sites is 1. The number of benzene rings is 1. The maximum atomic E-state index is 12.4. The highest BCUT2D eigenvalue weighted by Crippen LogP contribution is 2.34. The Kier molecular flexibility index (Phi) is 7.55. The zero-order valence-corrected chi connectivity index (χ0v) is 18.7. The zero-order valence-electron chi connectivity index (χ0n) is 17.1. The molecule has 0 unspecified atom stereocenters. The summed E-state index contributed by atoms with van der Waals surface area (Å²) in [5.41, 5.74) is 0.897. The number of methoxy groups -OCH3 is 2. The van der Waals surface area contributed by atoms with E-state index in [4.69, 9.17) is 9.47 Å². The molecule has 0 spiro atoms. The Hall–Kier alpha value is -1.62. The molecule has 0 aliphatic carbocycles. The summed E-state index contributed by atoms with van der Waals surface area (Å²) < 4.78 is 38.8. The van der Waals surface area contributed by atoms with Gasteiger partial charge < -0.3 is 14.0 Å². The molecule has 29 heavy (non-hydrogen) atoms. The second kappa shape index (κ2) is 9.92. The van der Waals surface area contributed by atoms with Gasteiger partial charge in [0.25, 0.3) is 0 Å². The molecule has 2 aromatic rings. The van der Waals surface area contributed by atoms with Crippen molar-refractivity contribution in [2.75, 3.05) is 39.7 Å². The molecular weight excluding hydrogens is 412 g/mol. The number of aromatic nitrogens is 3. The molecule has 160 valence electrons. The normalized spacial score (nSPS) is 16.2. The lowest BCUT2D eigenvalue weighted by Gasteiger charge is -2.30. The van der Waals surface area contributed by atoms with E-state index in [-0.39, 0.29) is 5.75 Å². The molecule has 1 aromatic carbocycles. The minimum Gasteiger partial charge on any atom is -0.496 e. The van der Waals surface area contributed by atoms with E-state index in [1.165, 1.54) is 0 Å². The Morgan fingerprint density at radius 2 is 1.90 bits per heavy atom. The Bertz CT molecular complexity index is 909. The van der Waals surface area contributed by atoms with E-state index in [1.807, 2.05) is 35.9 Å². The molecule has 10 heteroatoms. The van der Waals surface area contributed by atoms with E-state index in [1.54, 1.807) is 30.3 Å². The van der Waals surface area contributed by atoms with Crippen LogP contribution < -0.4 is 4.74 Å². The lowest BCUT2D eigenvalue weighted by atomic mass is 10.2. The van der Waals surface area contributed by atoms with Crippen LogP contribution in [0.2, 0.25) is 0 Å². The molecule has 0 amide bonds. The first-order valence-corrected chi connectivity index (χ1v) is 12.1. The van der Waals surface area contributed by atoms with Gasteiger partial charge in [-0.2, -0.15) is 0 Å². The Balaban J connectivity index is 1.61. The fourth-order valence-electron chi connectivity index (χ4n) is 3.37. The molecule has 0 radical (unpaired) electrons. The van der Waals surface area contributed by atoms with Crippen LogP contribution in [0.1, 0.15) is 19.3 Å². The third-order valence-electron chi connectivity index (χ3n) is 5.00. The summed E-state index contributed by atoms with van der Waals surface area (Å²) >= 11 is 1.66. The third-order valence-corrected chi connectivity index (χ3v) is 8.33. The Morgan fingerprint density at radius 3 is 2.59 bits per heavy atom. The van der Waals surface area contributed by atoms with Crippen LogP contribution in [0.3, 0.4) is 0 Å². The van der Waals surface area contributed by atoms with Crippen LogP contribution in [-0.2, 0) is 21.8 Å².